The van der Waals surface area contributed by atoms with Crippen LogP contribution in [-0.2, 0) is 19.1 Å². The standard InChI is InChI=1S/C10H15NO4/c1-5(12)7-8(11-9(7)13)6-4-14-10(2,3)15-6/h6-8H,4H2,1-3H3,(H,11,13)/t6-,7-,8-/m1/s1. The van der Waals surface area contributed by atoms with Crippen molar-refractivity contribution >= 4 is 11.7 Å². The molecule has 0 aromatic rings. The molecule has 0 bridgehead atoms. The number of rotatable bonds is 2. The summed E-state index contributed by atoms with van der Waals surface area (Å²) in [5.74, 6) is -1.50. The Morgan fingerprint density at radius 2 is 2.20 bits per heavy atom. The Bertz CT molecular complexity index is 305. The highest BCUT2D eigenvalue weighted by atomic mass is 16.7. The summed E-state index contributed by atoms with van der Waals surface area (Å²) in [7, 11) is 0. The van der Waals surface area contributed by atoms with Crippen molar-refractivity contribution in [2.24, 2.45) is 5.92 Å². The lowest BCUT2D eigenvalue weighted by molar-refractivity contribution is -0.160. The summed E-state index contributed by atoms with van der Waals surface area (Å²) in [4.78, 5) is 22.4. The van der Waals surface area contributed by atoms with E-state index in [-0.39, 0.29) is 23.8 Å². The fraction of sp³-hybridized carbons (Fsp3) is 0.800. The monoisotopic (exact) mass is 213 g/mol. The van der Waals surface area contributed by atoms with Gasteiger partial charge in [0, 0.05) is 0 Å². The number of ketones is 1. The van der Waals surface area contributed by atoms with Crippen LogP contribution in [0.2, 0.25) is 0 Å². The number of carbonyl (C=O) groups excluding carboxylic acids is 2. The molecule has 3 atom stereocenters. The SMILES string of the molecule is CC(=O)[C@H]1C(=O)N[C@@H]1[C@H]1COC(C)(C)O1. The average molecular weight is 213 g/mol. The van der Waals surface area contributed by atoms with Gasteiger partial charge in [-0.05, 0) is 20.8 Å². The Balaban J connectivity index is 2.02. The van der Waals surface area contributed by atoms with Crippen LogP contribution in [0, 0.1) is 5.92 Å². The van der Waals surface area contributed by atoms with Gasteiger partial charge in [-0.3, -0.25) is 9.59 Å². The fourth-order valence-corrected chi connectivity index (χ4v) is 2.04. The van der Waals surface area contributed by atoms with Gasteiger partial charge in [0.25, 0.3) is 0 Å². The second-order valence-corrected chi connectivity index (χ2v) is 4.49. The molecule has 2 fully saturated rings. The molecule has 1 N–H and O–H groups in total. The molecular weight excluding hydrogens is 198 g/mol. The van der Waals surface area contributed by atoms with Gasteiger partial charge in [-0.1, -0.05) is 0 Å². The Hall–Kier alpha value is -0.940. The first kappa shape index (κ1) is 10.6. The Kier molecular flexibility index (Phi) is 2.31. The van der Waals surface area contributed by atoms with Gasteiger partial charge < -0.3 is 14.8 Å². The van der Waals surface area contributed by atoms with E-state index in [2.05, 4.69) is 5.32 Å². The zero-order valence-corrected chi connectivity index (χ0v) is 9.07. The third kappa shape index (κ3) is 1.77. The van der Waals surface area contributed by atoms with E-state index in [4.69, 9.17) is 9.47 Å². The van der Waals surface area contributed by atoms with Crippen molar-refractivity contribution in [2.75, 3.05) is 6.61 Å². The summed E-state index contributed by atoms with van der Waals surface area (Å²) in [5.41, 5.74) is 0. The largest absolute Gasteiger partial charge is 0.349 e. The van der Waals surface area contributed by atoms with Crippen molar-refractivity contribution in [1.29, 1.82) is 0 Å². The summed E-state index contributed by atoms with van der Waals surface area (Å²) in [6, 6.07) is -0.225. The van der Waals surface area contributed by atoms with Crippen LogP contribution in [0.3, 0.4) is 0 Å². The zero-order chi connectivity index (χ0) is 11.2. The highest BCUT2D eigenvalue weighted by Gasteiger charge is 2.51. The zero-order valence-electron chi connectivity index (χ0n) is 9.07. The minimum Gasteiger partial charge on any atom is -0.349 e. The molecule has 0 saturated carbocycles. The lowest BCUT2D eigenvalue weighted by Gasteiger charge is -2.38. The van der Waals surface area contributed by atoms with E-state index in [1.54, 1.807) is 0 Å². The van der Waals surface area contributed by atoms with E-state index < -0.39 is 11.7 Å². The first-order chi connectivity index (χ1) is 6.91. The summed E-state index contributed by atoms with van der Waals surface area (Å²) >= 11 is 0. The van der Waals surface area contributed by atoms with Gasteiger partial charge in [0.2, 0.25) is 5.91 Å². The number of β-lactam (4-membered cyclic amide) rings is 1. The van der Waals surface area contributed by atoms with Gasteiger partial charge in [0.05, 0.1) is 12.6 Å². The van der Waals surface area contributed by atoms with Crippen LogP contribution < -0.4 is 5.32 Å². The van der Waals surface area contributed by atoms with Gasteiger partial charge in [-0.2, -0.15) is 0 Å². The molecule has 5 nitrogen and oxygen atoms in total. The first-order valence-electron chi connectivity index (χ1n) is 5.03. The molecule has 15 heavy (non-hydrogen) atoms. The minimum atomic E-state index is -0.619. The Labute approximate surface area is 88.1 Å². The van der Waals surface area contributed by atoms with Crippen LogP contribution in [0.5, 0.6) is 0 Å². The number of ether oxygens (including phenoxy) is 2. The fourth-order valence-electron chi connectivity index (χ4n) is 2.04. The lowest BCUT2D eigenvalue weighted by atomic mass is 9.84. The molecule has 84 valence electrons. The van der Waals surface area contributed by atoms with Crippen LogP contribution in [0.15, 0.2) is 0 Å². The van der Waals surface area contributed by atoms with Gasteiger partial charge in [0.1, 0.15) is 17.8 Å². The average Bonchev–Trinajstić information content (AvgIpc) is 2.40. The predicted octanol–water partition coefficient (Wildman–Crippen LogP) is -0.159. The maximum absolute atomic E-state index is 11.2. The highest BCUT2D eigenvalue weighted by Crippen LogP contribution is 2.30. The molecule has 1 amide bonds. The van der Waals surface area contributed by atoms with Crippen molar-refractivity contribution in [3.63, 3.8) is 0 Å². The molecule has 0 aromatic carbocycles. The minimum absolute atomic E-state index is 0.114. The predicted molar refractivity (Wildman–Crippen MR) is 51.0 cm³/mol. The number of hydrogen-bond donors (Lipinski definition) is 1. The maximum atomic E-state index is 11.2. The molecule has 2 aliphatic heterocycles. The van der Waals surface area contributed by atoms with Crippen LogP contribution in [0.25, 0.3) is 0 Å². The second kappa shape index (κ2) is 3.28. The molecule has 5 heteroatoms. The van der Waals surface area contributed by atoms with Crippen LogP contribution >= 0.6 is 0 Å². The van der Waals surface area contributed by atoms with Crippen molar-refractivity contribution in [1.82, 2.24) is 5.32 Å². The number of hydrogen-bond acceptors (Lipinski definition) is 4. The molecule has 2 rings (SSSR count). The van der Waals surface area contributed by atoms with Crippen molar-refractivity contribution in [3.8, 4) is 0 Å². The van der Waals surface area contributed by atoms with E-state index in [9.17, 15) is 9.59 Å². The number of Topliss-reactive ketones (excluding diaryl/α,β-unsaturated/α-hetero) is 1. The van der Waals surface area contributed by atoms with Crippen LogP contribution in [-0.4, -0.2) is 36.2 Å². The number of nitrogens with one attached hydrogen (secondary N) is 1. The quantitative estimate of drug-likeness (QED) is 0.511. The van der Waals surface area contributed by atoms with Crippen LogP contribution in [0.4, 0.5) is 0 Å². The maximum Gasteiger partial charge on any atom is 0.233 e. The number of amides is 1. The second-order valence-electron chi connectivity index (χ2n) is 4.49. The summed E-state index contributed by atoms with van der Waals surface area (Å²) in [5, 5.41) is 2.69. The third-order valence-electron chi connectivity index (χ3n) is 2.82. The molecule has 0 aromatic heterocycles. The molecule has 0 unspecified atom stereocenters. The number of carbonyl (C=O) groups is 2. The van der Waals surface area contributed by atoms with E-state index in [0.29, 0.717) is 6.61 Å². The Morgan fingerprint density at radius 3 is 2.60 bits per heavy atom. The van der Waals surface area contributed by atoms with E-state index >= 15 is 0 Å². The topological polar surface area (TPSA) is 64.6 Å². The molecule has 0 aliphatic carbocycles. The lowest BCUT2D eigenvalue weighted by Crippen LogP contribution is -2.66. The summed E-state index contributed by atoms with van der Waals surface area (Å²) in [6.07, 6.45) is -0.216. The molecule has 2 aliphatic rings. The Morgan fingerprint density at radius 1 is 1.53 bits per heavy atom. The summed E-state index contributed by atoms with van der Waals surface area (Å²) < 4.78 is 11.0. The van der Waals surface area contributed by atoms with Gasteiger partial charge in [-0.15, -0.1) is 0 Å². The summed E-state index contributed by atoms with van der Waals surface area (Å²) in [6.45, 7) is 5.48. The van der Waals surface area contributed by atoms with Gasteiger partial charge in [0.15, 0.2) is 5.79 Å². The van der Waals surface area contributed by atoms with Crippen molar-refractivity contribution < 1.29 is 19.1 Å². The molecule has 2 heterocycles. The van der Waals surface area contributed by atoms with Gasteiger partial charge >= 0.3 is 0 Å². The van der Waals surface area contributed by atoms with E-state index in [1.807, 2.05) is 13.8 Å². The van der Waals surface area contributed by atoms with Crippen LogP contribution in [0.1, 0.15) is 20.8 Å². The molecular formula is C10H15NO4. The van der Waals surface area contributed by atoms with Crippen molar-refractivity contribution in [3.05, 3.63) is 0 Å². The highest BCUT2D eigenvalue weighted by molar-refractivity contribution is 6.05. The first-order valence-corrected chi connectivity index (χ1v) is 5.03. The molecule has 0 spiro atoms. The third-order valence-corrected chi connectivity index (χ3v) is 2.82. The van der Waals surface area contributed by atoms with E-state index in [0.717, 1.165) is 0 Å². The van der Waals surface area contributed by atoms with E-state index in [1.165, 1.54) is 6.92 Å². The smallest absolute Gasteiger partial charge is 0.233 e. The molecule has 0 radical (unpaired) electrons. The normalized spacial score (nSPS) is 38.3. The molecule has 2 saturated heterocycles. The van der Waals surface area contributed by atoms with Crippen molar-refractivity contribution in [2.45, 2.75) is 38.7 Å². The van der Waals surface area contributed by atoms with Gasteiger partial charge in [-0.25, -0.2) is 0 Å².